The zero-order valence-electron chi connectivity index (χ0n) is 9.15. The fourth-order valence-electron chi connectivity index (χ4n) is 1.67. The number of amides is 1. The van der Waals surface area contributed by atoms with Crippen LogP contribution in [0.4, 0.5) is 22.0 Å². The second kappa shape index (κ2) is 4.75. The van der Waals surface area contributed by atoms with Gasteiger partial charge in [0.2, 0.25) is 0 Å². The molecule has 0 bridgehead atoms. The van der Waals surface area contributed by atoms with Crippen molar-refractivity contribution in [2.45, 2.75) is 18.5 Å². The first kappa shape index (κ1) is 14.1. The van der Waals surface area contributed by atoms with Gasteiger partial charge < -0.3 is 10.2 Å². The maximum absolute atomic E-state index is 12.5. The molecule has 0 radical (unpaired) electrons. The highest BCUT2D eigenvalue weighted by molar-refractivity contribution is 5.84. The fourth-order valence-corrected chi connectivity index (χ4v) is 1.67. The number of likely N-dealkylation sites (tertiary alicyclic amines) is 1. The number of hydrogen-bond acceptors (Lipinski definition) is 2. The molecule has 8 heteroatoms. The Kier molecular flexibility index (Phi) is 3.95. The summed E-state index contributed by atoms with van der Waals surface area (Å²) in [5.74, 6) is -7.68. The van der Waals surface area contributed by atoms with Gasteiger partial charge in [0, 0.05) is 13.1 Å². The van der Waals surface area contributed by atoms with Gasteiger partial charge in [-0.2, -0.15) is 22.0 Å². The number of nitrogens with zero attached hydrogens (tertiary/aromatic N) is 1. The lowest BCUT2D eigenvalue weighted by atomic mass is 10.1. The number of nitrogens with one attached hydrogen (secondary N) is 1. The van der Waals surface area contributed by atoms with Crippen molar-refractivity contribution < 1.29 is 26.7 Å². The number of hydrogen-bond donors (Lipinski definition) is 1. The van der Waals surface area contributed by atoms with E-state index in [2.05, 4.69) is 0 Å². The summed E-state index contributed by atoms with van der Waals surface area (Å²) in [6.07, 6.45) is -5.17. The minimum Gasteiger partial charge on any atom is -0.350 e. The predicted octanol–water partition coefficient (Wildman–Crippen LogP) is 1.25. The molecule has 0 spiro atoms. The van der Waals surface area contributed by atoms with Crippen LogP contribution in [0.5, 0.6) is 0 Å². The summed E-state index contributed by atoms with van der Waals surface area (Å²) in [4.78, 5) is 12.7. The molecule has 1 fully saturated rings. The average molecular weight is 260 g/mol. The van der Waals surface area contributed by atoms with Crippen molar-refractivity contribution >= 4 is 5.91 Å². The summed E-state index contributed by atoms with van der Waals surface area (Å²) in [7, 11) is 1.81. The summed E-state index contributed by atoms with van der Waals surface area (Å²) >= 11 is 0. The van der Waals surface area contributed by atoms with Crippen LogP contribution in [-0.2, 0) is 4.79 Å². The van der Waals surface area contributed by atoms with E-state index in [0.717, 1.165) is 6.54 Å². The Balaban J connectivity index is 2.45. The van der Waals surface area contributed by atoms with E-state index < -0.39 is 18.0 Å². The van der Waals surface area contributed by atoms with Crippen LogP contribution in [0.1, 0.15) is 6.42 Å². The molecule has 0 aromatic rings. The number of halogens is 5. The van der Waals surface area contributed by atoms with E-state index >= 15 is 0 Å². The van der Waals surface area contributed by atoms with Crippen LogP contribution < -0.4 is 5.32 Å². The minimum absolute atomic E-state index is 0.0759. The highest BCUT2D eigenvalue weighted by Crippen LogP contribution is 2.35. The quantitative estimate of drug-likeness (QED) is 0.775. The number of rotatable bonds is 3. The van der Waals surface area contributed by atoms with Crippen LogP contribution in [0.15, 0.2) is 0 Å². The van der Waals surface area contributed by atoms with Crippen molar-refractivity contribution in [3.8, 4) is 0 Å². The van der Waals surface area contributed by atoms with Gasteiger partial charge in [-0.1, -0.05) is 0 Å². The van der Waals surface area contributed by atoms with Crippen molar-refractivity contribution in [3.63, 3.8) is 0 Å². The van der Waals surface area contributed by atoms with Gasteiger partial charge in [-0.25, -0.2) is 0 Å². The summed E-state index contributed by atoms with van der Waals surface area (Å²) in [5.41, 5.74) is 0. The second-order valence-electron chi connectivity index (χ2n) is 4.20. The van der Waals surface area contributed by atoms with Crippen molar-refractivity contribution in [1.82, 2.24) is 10.2 Å². The fraction of sp³-hybridized carbons (Fsp3) is 0.889. The van der Waals surface area contributed by atoms with E-state index in [1.54, 1.807) is 5.32 Å². The van der Waals surface area contributed by atoms with E-state index in [4.69, 9.17) is 0 Å². The van der Waals surface area contributed by atoms with E-state index in [1.165, 1.54) is 0 Å². The average Bonchev–Trinajstić information content (AvgIpc) is 2.58. The summed E-state index contributed by atoms with van der Waals surface area (Å²) in [6, 6.07) is 0. The van der Waals surface area contributed by atoms with Gasteiger partial charge in [-0.15, -0.1) is 0 Å². The molecule has 1 unspecified atom stereocenters. The van der Waals surface area contributed by atoms with E-state index in [1.807, 2.05) is 11.9 Å². The van der Waals surface area contributed by atoms with Crippen molar-refractivity contribution in [3.05, 3.63) is 0 Å². The summed E-state index contributed by atoms with van der Waals surface area (Å²) in [6.45, 7) is 1.17. The van der Waals surface area contributed by atoms with Gasteiger partial charge in [0.15, 0.2) is 0 Å². The maximum Gasteiger partial charge on any atom is 0.463 e. The molecule has 0 aromatic heterocycles. The lowest BCUT2D eigenvalue weighted by Gasteiger charge is -2.19. The van der Waals surface area contributed by atoms with Crippen LogP contribution in [-0.4, -0.2) is 49.6 Å². The Morgan fingerprint density at radius 3 is 2.35 bits per heavy atom. The topological polar surface area (TPSA) is 32.3 Å². The van der Waals surface area contributed by atoms with Gasteiger partial charge in [0.1, 0.15) is 0 Å². The molecule has 100 valence electrons. The highest BCUT2D eigenvalue weighted by Gasteiger charge is 2.63. The molecular formula is C9H13F5N2O. The lowest BCUT2D eigenvalue weighted by molar-refractivity contribution is -0.269. The molecule has 0 aromatic carbocycles. The van der Waals surface area contributed by atoms with Crippen LogP contribution >= 0.6 is 0 Å². The third-order valence-electron chi connectivity index (χ3n) is 2.68. The SMILES string of the molecule is CN1CCC(CNC(=O)C(F)(F)C(F)(F)F)C1. The molecule has 1 heterocycles. The van der Waals surface area contributed by atoms with Crippen molar-refractivity contribution in [1.29, 1.82) is 0 Å². The molecule has 1 N–H and O–H groups in total. The molecule has 1 rings (SSSR count). The largest absolute Gasteiger partial charge is 0.463 e. The second-order valence-corrected chi connectivity index (χ2v) is 4.20. The summed E-state index contributed by atoms with van der Waals surface area (Å²) < 4.78 is 60.5. The van der Waals surface area contributed by atoms with Crippen LogP contribution in [0.2, 0.25) is 0 Å². The maximum atomic E-state index is 12.5. The first-order valence-electron chi connectivity index (χ1n) is 5.06. The summed E-state index contributed by atoms with van der Waals surface area (Å²) in [5, 5.41) is 1.66. The van der Waals surface area contributed by atoms with Crippen LogP contribution in [0.25, 0.3) is 0 Å². The third kappa shape index (κ3) is 3.27. The minimum atomic E-state index is -5.84. The highest BCUT2D eigenvalue weighted by atomic mass is 19.4. The zero-order valence-corrected chi connectivity index (χ0v) is 9.15. The number of carbonyl (C=O) groups excluding carboxylic acids is 1. The smallest absolute Gasteiger partial charge is 0.350 e. The molecule has 1 amide bonds. The van der Waals surface area contributed by atoms with Gasteiger partial charge in [0.05, 0.1) is 0 Å². The monoisotopic (exact) mass is 260 g/mol. The van der Waals surface area contributed by atoms with E-state index in [-0.39, 0.29) is 12.5 Å². The third-order valence-corrected chi connectivity index (χ3v) is 2.68. The Hall–Kier alpha value is -0.920. The predicted molar refractivity (Wildman–Crippen MR) is 49.6 cm³/mol. The van der Waals surface area contributed by atoms with Crippen LogP contribution in [0.3, 0.4) is 0 Å². The molecule has 1 aliphatic heterocycles. The Labute approximate surface area is 95.0 Å². The molecule has 3 nitrogen and oxygen atoms in total. The van der Waals surface area contributed by atoms with Gasteiger partial charge in [0.25, 0.3) is 5.91 Å². The number of alkyl halides is 5. The van der Waals surface area contributed by atoms with Crippen LogP contribution in [0, 0.1) is 5.92 Å². The molecular weight excluding hydrogens is 247 g/mol. The van der Waals surface area contributed by atoms with E-state index in [9.17, 15) is 26.7 Å². The van der Waals surface area contributed by atoms with E-state index in [0.29, 0.717) is 13.0 Å². The Morgan fingerprint density at radius 2 is 1.94 bits per heavy atom. The first-order chi connectivity index (χ1) is 7.64. The standard InChI is InChI=1S/C9H13F5N2O/c1-16-3-2-6(5-16)4-15-7(17)8(10,11)9(12,13)14/h6H,2-5H2,1H3,(H,15,17). The Morgan fingerprint density at radius 1 is 1.35 bits per heavy atom. The lowest BCUT2D eigenvalue weighted by Crippen LogP contribution is -2.51. The molecule has 1 aliphatic rings. The molecule has 0 saturated carbocycles. The molecule has 0 aliphatic carbocycles. The molecule has 17 heavy (non-hydrogen) atoms. The zero-order chi connectivity index (χ0) is 13.3. The van der Waals surface area contributed by atoms with Gasteiger partial charge in [-0.05, 0) is 25.9 Å². The Bertz CT molecular complexity index is 292. The van der Waals surface area contributed by atoms with Crippen molar-refractivity contribution in [2.24, 2.45) is 5.92 Å². The first-order valence-corrected chi connectivity index (χ1v) is 5.06. The van der Waals surface area contributed by atoms with Gasteiger partial charge >= 0.3 is 12.1 Å². The normalized spacial score (nSPS) is 22.8. The van der Waals surface area contributed by atoms with Gasteiger partial charge in [-0.3, -0.25) is 4.79 Å². The van der Waals surface area contributed by atoms with Crippen molar-refractivity contribution in [2.75, 3.05) is 26.7 Å². The molecule has 1 atom stereocenters. The number of carbonyl (C=O) groups is 1. The molecule has 1 saturated heterocycles.